The third-order valence-electron chi connectivity index (χ3n) is 8.45. The van der Waals surface area contributed by atoms with Gasteiger partial charge in [0, 0.05) is 42.1 Å². The second-order valence-electron chi connectivity index (χ2n) is 13.3. The molecule has 1 aliphatic rings. The maximum Gasteiger partial charge on any atom is 0.410 e. The number of amides is 1. The minimum atomic E-state index is -0.785. The fourth-order valence-electron chi connectivity index (χ4n) is 6.11. The standard InChI is InChI=1S/C39H41Cl2FN4O5.C2H6/c1-6-49-37(47)31-34(23(2)50-22-24-12-8-7-9-13-24)45-36-28(35(31)44-26-17-19-46(21-26)38(48)51-39(3,4)5)20-25(14-11-18-43)30(33(36)42)27-15-10-16-29(40)32(27)41;1-2/h7-10,12-13,15-16,20,23,26H,6,11,14,17,19,21-22H2,1-5H3,(H,44,45);1-2H3. The van der Waals surface area contributed by atoms with Crippen molar-refractivity contribution in [3.63, 3.8) is 0 Å². The summed E-state index contributed by atoms with van der Waals surface area (Å²) in [5.41, 5.74) is 1.74. The number of fused-ring (bicyclic) bond motifs is 1. The van der Waals surface area contributed by atoms with Gasteiger partial charge in [-0.2, -0.15) is 5.26 Å². The Morgan fingerprint density at radius 1 is 1.13 bits per heavy atom. The second-order valence-corrected chi connectivity index (χ2v) is 14.1. The molecule has 1 aliphatic heterocycles. The Bertz CT molecular complexity index is 1960. The molecule has 4 aromatic rings. The molecule has 5 rings (SSSR count). The van der Waals surface area contributed by atoms with Crippen LogP contribution in [0.15, 0.2) is 54.6 Å². The third-order valence-corrected chi connectivity index (χ3v) is 9.27. The summed E-state index contributed by atoms with van der Waals surface area (Å²) in [6.07, 6.45) is -0.432. The van der Waals surface area contributed by atoms with Gasteiger partial charge >= 0.3 is 12.1 Å². The van der Waals surface area contributed by atoms with Gasteiger partial charge in [-0.1, -0.05) is 79.5 Å². The van der Waals surface area contributed by atoms with Crippen molar-refractivity contribution in [2.24, 2.45) is 0 Å². The summed E-state index contributed by atoms with van der Waals surface area (Å²) < 4.78 is 34.7. The molecule has 1 aromatic heterocycles. The highest BCUT2D eigenvalue weighted by molar-refractivity contribution is 6.43. The minimum absolute atomic E-state index is 0.0375. The van der Waals surface area contributed by atoms with Crippen molar-refractivity contribution < 1.29 is 28.2 Å². The lowest BCUT2D eigenvalue weighted by molar-refractivity contribution is 0.0293. The number of anilines is 1. The number of hydrogen-bond donors (Lipinski definition) is 1. The largest absolute Gasteiger partial charge is 0.462 e. The van der Waals surface area contributed by atoms with Crippen LogP contribution in [-0.2, 0) is 27.2 Å². The zero-order valence-electron chi connectivity index (χ0n) is 31.3. The number of carbonyl (C=O) groups excluding carboxylic acids is 2. The van der Waals surface area contributed by atoms with Crippen molar-refractivity contribution in [3.05, 3.63) is 92.8 Å². The molecule has 1 fully saturated rings. The Kier molecular flexibility index (Phi) is 14.5. The lowest BCUT2D eigenvalue weighted by Crippen LogP contribution is -2.36. The van der Waals surface area contributed by atoms with Gasteiger partial charge < -0.3 is 24.4 Å². The molecule has 0 spiro atoms. The zero-order chi connectivity index (χ0) is 38.9. The summed E-state index contributed by atoms with van der Waals surface area (Å²) in [6, 6.07) is 18.0. The summed E-state index contributed by atoms with van der Waals surface area (Å²) in [6.45, 7) is 13.8. The molecule has 1 amide bonds. The van der Waals surface area contributed by atoms with Crippen molar-refractivity contribution in [1.82, 2.24) is 9.88 Å². The summed E-state index contributed by atoms with van der Waals surface area (Å²) in [5.74, 6) is -1.36. The molecule has 2 heterocycles. The molecule has 9 nitrogen and oxygen atoms in total. The number of pyridine rings is 1. The fraction of sp³-hybridized carbons (Fsp3) is 0.415. The number of aromatic nitrogens is 1. The number of aryl methyl sites for hydroxylation is 1. The minimum Gasteiger partial charge on any atom is -0.462 e. The number of carbonyl (C=O) groups is 2. The predicted octanol–water partition coefficient (Wildman–Crippen LogP) is 10.7. The van der Waals surface area contributed by atoms with E-state index in [1.54, 1.807) is 63.8 Å². The first-order chi connectivity index (χ1) is 25.3. The molecular weight excluding hydrogens is 718 g/mol. The first-order valence-electron chi connectivity index (χ1n) is 17.9. The van der Waals surface area contributed by atoms with E-state index in [1.165, 1.54) is 0 Å². The number of hydrogen-bond acceptors (Lipinski definition) is 8. The number of benzene rings is 3. The van der Waals surface area contributed by atoms with Crippen molar-refractivity contribution in [2.45, 2.75) is 92.1 Å². The Morgan fingerprint density at radius 2 is 1.85 bits per heavy atom. The number of ether oxygens (including phenoxy) is 3. The topological polar surface area (TPSA) is 114 Å². The van der Waals surface area contributed by atoms with E-state index in [4.69, 9.17) is 42.4 Å². The summed E-state index contributed by atoms with van der Waals surface area (Å²) in [5, 5.41) is 13.7. The maximum atomic E-state index is 17.2. The van der Waals surface area contributed by atoms with Crippen LogP contribution in [0.3, 0.4) is 0 Å². The van der Waals surface area contributed by atoms with E-state index in [9.17, 15) is 14.9 Å². The van der Waals surface area contributed by atoms with E-state index in [0.717, 1.165) is 5.56 Å². The van der Waals surface area contributed by atoms with E-state index in [0.29, 0.717) is 35.2 Å². The first-order valence-corrected chi connectivity index (χ1v) is 18.7. The molecule has 0 radical (unpaired) electrons. The van der Waals surface area contributed by atoms with Crippen LogP contribution in [0.25, 0.3) is 22.0 Å². The monoisotopic (exact) mass is 764 g/mol. The van der Waals surface area contributed by atoms with Crippen LogP contribution < -0.4 is 5.32 Å². The number of likely N-dealkylation sites (tertiary alicyclic amines) is 1. The van der Waals surface area contributed by atoms with Crippen LogP contribution in [0.2, 0.25) is 10.0 Å². The van der Waals surface area contributed by atoms with Crippen LogP contribution in [0.4, 0.5) is 14.9 Å². The maximum absolute atomic E-state index is 17.2. The highest BCUT2D eigenvalue weighted by Gasteiger charge is 2.34. The van der Waals surface area contributed by atoms with E-state index in [2.05, 4.69) is 11.4 Å². The molecular formula is C41H47Cl2FN4O5. The van der Waals surface area contributed by atoms with Crippen molar-refractivity contribution >= 4 is 51.9 Å². The fourth-order valence-corrected chi connectivity index (χ4v) is 6.51. The molecule has 2 atom stereocenters. The number of halogens is 3. The van der Waals surface area contributed by atoms with Gasteiger partial charge in [0.25, 0.3) is 0 Å². The lowest BCUT2D eigenvalue weighted by atomic mass is 9.91. The van der Waals surface area contributed by atoms with Crippen LogP contribution in [-0.4, -0.2) is 53.3 Å². The van der Waals surface area contributed by atoms with Crippen LogP contribution in [0.1, 0.15) is 94.6 Å². The number of nitriles is 1. The molecule has 3 aromatic carbocycles. The average Bonchev–Trinajstić information content (AvgIpc) is 3.61. The quantitative estimate of drug-likeness (QED) is 0.150. The van der Waals surface area contributed by atoms with E-state index in [-0.39, 0.29) is 71.0 Å². The van der Waals surface area contributed by atoms with Gasteiger partial charge in [0.05, 0.1) is 46.8 Å². The highest BCUT2D eigenvalue weighted by Crippen LogP contribution is 2.43. The van der Waals surface area contributed by atoms with Crippen LogP contribution >= 0.6 is 23.2 Å². The van der Waals surface area contributed by atoms with E-state index in [1.807, 2.05) is 44.2 Å². The molecule has 282 valence electrons. The zero-order valence-corrected chi connectivity index (χ0v) is 32.8. The Labute approximate surface area is 321 Å². The molecule has 0 bridgehead atoms. The summed E-state index contributed by atoms with van der Waals surface area (Å²) in [4.78, 5) is 33.3. The number of esters is 1. The Balaban J connectivity index is 0.00000308. The van der Waals surface area contributed by atoms with Gasteiger partial charge in [-0.25, -0.2) is 19.0 Å². The molecule has 0 aliphatic carbocycles. The summed E-state index contributed by atoms with van der Waals surface area (Å²) >= 11 is 13.0. The Hall–Kier alpha value is -4.43. The Morgan fingerprint density at radius 3 is 2.51 bits per heavy atom. The first kappa shape index (κ1) is 41.3. The SMILES string of the molecule is CC.CCOC(=O)c1c(C(C)OCc2ccccc2)nc2c(F)c(-c3cccc(Cl)c3Cl)c(CCC#N)cc2c1NC1CCN(C(=O)OC(C)(C)C)C1. The third kappa shape index (κ3) is 9.96. The normalized spacial score (nSPS) is 14.6. The number of rotatable bonds is 11. The van der Waals surface area contributed by atoms with Gasteiger partial charge in [0.2, 0.25) is 0 Å². The summed E-state index contributed by atoms with van der Waals surface area (Å²) in [7, 11) is 0. The highest BCUT2D eigenvalue weighted by atomic mass is 35.5. The molecule has 1 N–H and O–H groups in total. The average molecular weight is 766 g/mol. The van der Waals surface area contributed by atoms with Gasteiger partial charge in [-0.05, 0) is 70.7 Å². The second kappa shape index (κ2) is 18.6. The molecule has 0 saturated carbocycles. The number of nitrogens with one attached hydrogen (secondary N) is 1. The van der Waals surface area contributed by atoms with E-state index < -0.39 is 29.6 Å². The molecule has 12 heteroatoms. The van der Waals surface area contributed by atoms with Gasteiger partial charge in [-0.3, -0.25) is 0 Å². The van der Waals surface area contributed by atoms with Crippen LogP contribution in [0.5, 0.6) is 0 Å². The van der Waals surface area contributed by atoms with Crippen molar-refractivity contribution in [3.8, 4) is 17.2 Å². The lowest BCUT2D eigenvalue weighted by Gasteiger charge is -2.26. The van der Waals surface area contributed by atoms with Crippen molar-refractivity contribution in [1.29, 1.82) is 5.26 Å². The van der Waals surface area contributed by atoms with E-state index >= 15 is 4.39 Å². The smallest absolute Gasteiger partial charge is 0.410 e. The number of nitrogens with zero attached hydrogens (tertiary/aromatic N) is 3. The van der Waals surface area contributed by atoms with Crippen LogP contribution in [0, 0.1) is 17.1 Å². The predicted molar refractivity (Wildman–Crippen MR) is 208 cm³/mol. The van der Waals surface area contributed by atoms with Crippen molar-refractivity contribution in [2.75, 3.05) is 25.0 Å². The molecule has 53 heavy (non-hydrogen) atoms. The van der Waals surface area contributed by atoms with Gasteiger partial charge in [0.15, 0.2) is 5.82 Å². The molecule has 2 unspecified atom stereocenters. The molecule has 1 saturated heterocycles. The van der Waals surface area contributed by atoms with Gasteiger partial charge in [0.1, 0.15) is 16.7 Å². The van der Waals surface area contributed by atoms with Gasteiger partial charge in [-0.15, -0.1) is 0 Å².